The van der Waals surface area contributed by atoms with E-state index in [1.165, 1.54) is 0 Å². The number of rotatable bonds is 8. The number of alkyl halides is 3. The zero-order chi connectivity index (χ0) is 22.3. The van der Waals surface area contributed by atoms with Crippen LogP contribution in [0.15, 0.2) is 85.1 Å². The van der Waals surface area contributed by atoms with Crippen molar-refractivity contribution in [1.82, 2.24) is 0 Å². The van der Waals surface area contributed by atoms with Crippen LogP contribution in [-0.4, -0.2) is 6.18 Å². The summed E-state index contributed by atoms with van der Waals surface area (Å²) in [7, 11) is 0. The van der Waals surface area contributed by atoms with Gasteiger partial charge in [-0.25, -0.2) is 0 Å². The molecule has 0 saturated heterocycles. The molecule has 2 aromatic rings. The first-order chi connectivity index (χ1) is 14.2. The van der Waals surface area contributed by atoms with Gasteiger partial charge >= 0.3 is 6.18 Å². The third-order valence-corrected chi connectivity index (χ3v) is 4.61. The van der Waals surface area contributed by atoms with Crippen LogP contribution in [0.2, 0.25) is 0 Å². The lowest BCUT2D eigenvalue weighted by Crippen LogP contribution is -2.11. The van der Waals surface area contributed by atoms with Crippen LogP contribution in [0.1, 0.15) is 31.4 Å². The molecule has 0 saturated carbocycles. The van der Waals surface area contributed by atoms with Crippen LogP contribution in [0.3, 0.4) is 0 Å². The second-order valence-corrected chi connectivity index (χ2v) is 6.94. The molecular weight excluding hydrogens is 385 g/mol. The van der Waals surface area contributed by atoms with Gasteiger partial charge < -0.3 is 10.6 Å². The van der Waals surface area contributed by atoms with Gasteiger partial charge in [0.2, 0.25) is 0 Å². The SMILES string of the molecule is C=C/C(=C\Nc1cccc(Nc2ccc(C)cc2)c1C(=C)/C(C)=C\CC)C(F)(F)F. The van der Waals surface area contributed by atoms with Crippen molar-refractivity contribution >= 4 is 22.6 Å². The highest BCUT2D eigenvalue weighted by Gasteiger charge is 2.31. The predicted molar refractivity (Wildman–Crippen MR) is 122 cm³/mol. The van der Waals surface area contributed by atoms with E-state index in [0.29, 0.717) is 11.3 Å². The molecular formula is C25H27F3N2. The molecule has 5 heteroatoms. The van der Waals surface area contributed by atoms with Crippen LogP contribution in [-0.2, 0) is 0 Å². The van der Waals surface area contributed by atoms with Crippen molar-refractivity contribution in [3.05, 3.63) is 96.2 Å². The normalized spacial score (nSPS) is 12.5. The smallest absolute Gasteiger partial charge is 0.361 e. The minimum absolute atomic E-state index is 0.518. The highest BCUT2D eigenvalue weighted by atomic mass is 19.4. The van der Waals surface area contributed by atoms with Gasteiger partial charge in [0.05, 0.1) is 5.57 Å². The summed E-state index contributed by atoms with van der Waals surface area (Å²) < 4.78 is 39.3. The van der Waals surface area contributed by atoms with Gasteiger partial charge in [0, 0.05) is 28.8 Å². The lowest BCUT2D eigenvalue weighted by atomic mass is 9.96. The minimum atomic E-state index is -4.48. The molecule has 2 nitrogen and oxygen atoms in total. The van der Waals surface area contributed by atoms with Crippen molar-refractivity contribution in [2.75, 3.05) is 10.6 Å². The Kier molecular flexibility index (Phi) is 7.70. The molecule has 0 aliphatic carbocycles. The molecule has 0 amide bonds. The van der Waals surface area contributed by atoms with Gasteiger partial charge in [-0.1, -0.05) is 56.0 Å². The molecule has 0 aliphatic heterocycles. The molecule has 0 unspecified atom stereocenters. The Hall–Kier alpha value is -3.21. The molecule has 0 aliphatic rings. The maximum absolute atomic E-state index is 13.1. The van der Waals surface area contributed by atoms with Gasteiger partial charge in [-0.05, 0) is 55.7 Å². The zero-order valence-electron chi connectivity index (χ0n) is 17.5. The average molecular weight is 412 g/mol. The van der Waals surface area contributed by atoms with Crippen molar-refractivity contribution < 1.29 is 13.2 Å². The van der Waals surface area contributed by atoms with E-state index >= 15 is 0 Å². The number of aryl methyl sites for hydroxylation is 1. The standard InChI is InChI=1S/C25H27F3N2/c1-6-9-18(4)19(5)24-22(29-16-20(7-2)25(26,27)28)10-8-11-23(24)30-21-14-12-17(3)13-15-21/h7-16,29-30H,2,5-6H2,1,3-4H3/b18-9-,20-16+. The van der Waals surface area contributed by atoms with Gasteiger partial charge in [0.1, 0.15) is 0 Å². The van der Waals surface area contributed by atoms with Gasteiger partial charge in [-0.3, -0.25) is 0 Å². The number of hydrogen-bond donors (Lipinski definition) is 2. The third-order valence-electron chi connectivity index (χ3n) is 4.61. The molecule has 0 radical (unpaired) electrons. The van der Waals surface area contributed by atoms with E-state index in [2.05, 4.69) is 23.8 Å². The largest absolute Gasteiger partial charge is 0.417 e. The van der Waals surface area contributed by atoms with Crippen LogP contribution in [0.4, 0.5) is 30.2 Å². The van der Waals surface area contributed by atoms with Crippen LogP contribution < -0.4 is 10.6 Å². The minimum Gasteiger partial charge on any atom is -0.361 e. The van der Waals surface area contributed by atoms with E-state index in [-0.39, 0.29) is 0 Å². The van der Waals surface area contributed by atoms with Crippen molar-refractivity contribution in [3.63, 3.8) is 0 Å². The quantitative estimate of drug-likeness (QED) is 0.427. The summed E-state index contributed by atoms with van der Waals surface area (Å²) in [6.07, 6.45) is 0.0960. The average Bonchev–Trinajstić information content (AvgIpc) is 2.69. The Bertz CT molecular complexity index is 965. The molecule has 158 valence electrons. The predicted octanol–water partition coefficient (Wildman–Crippen LogP) is 8.15. The summed E-state index contributed by atoms with van der Waals surface area (Å²) >= 11 is 0. The number of hydrogen-bond acceptors (Lipinski definition) is 2. The van der Waals surface area contributed by atoms with Crippen molar-refractivity contribution in [1.29, 1.82) is 0 Å². The number of allylic oxidation sites excluding steroid dienone is 5. The van der Waals surface area contributed by atoms with E-state index in [1.54, 1.807) is 12.1 Å². The maximum Gasteiger partial charge on any atom is 0.417 e. The van der Waals surface area contributed by atoms with Crippen molar-refractivity contribution in [3.8, 4) is 0 Å². The highest BCUT2D eigenvalue weighted by molar-refractivity contribution is 5.92. The molecule has 2 N–H and O–H groups in total. The lowest BCUT2D eigenvalue weighted by molar-refractivity contribution is -0.0882. The molecule has 2 rings (SSSR count). The zero-order valence-corrected chi connectivity index (χ0v) is 17.5. The fraction of sp³-hybridized carbons (Fsp3) is 0.200. The number of benzene rings is 2. The highest BCUT2D eigenvalue weighted by Crippen LogP contribution is 2.37. The fourth-order valence-electron chi connectivity index (χ4n) is 2.93. The Morgan fingerprint density at radius 1 is 1.07 bits per heavy atom. The molecule has 0 fully saturated rings. The third kappa shape index (κ3) is 5.89. The molecule has 30 heavy (non-hydrogen) atoms. The number of anilines is 3. The fourth-order valence-corrected chi connectivity index (χ4v) is 2.93. The first-order valence-corrected chi connectivity index (χ1v) is 9.66. The first kappa shape index (κ1) is 23.1. The molecule has 0 aromatic heterocycles. The van der Waals surface area contributed by atoms with Crippen molar-refractivity contribution in [2.45, 2.75) is 33.4 Å². The molecule has 0 spiro atoms. The summed E-state index contributed by atoms with van der Waals surface area (Å²) in [6.45, 7) is 13.4. The second kappa shape index (κ2) is 10.0. The van der Waals surface area contributed by atoms with E-state index in [9.17, 15) is 13.2 Å². The van der Waals surface area contributed by atoms with Crippen molar-refractivity contribution in [2.24, 2.45) is 0 Å². The second-order valence-electron chi connectivity index (χ2n) is 6.94. The Labute approximate surface area is 176 Å². The summed E-state index contributed by atoms with van der Waals surface area (Å²) in [5.74, 6) is 0. The summed E-state index contributed by atoms with van der Waals surface area (Å²) in [6, 6.07) is 13.3. The number of halogens is 3. The molecule has 0 bridgehead atoms. The van der Waals surface area contributed by atoms with Crippen LogP contribution >= 0.6 is 0 Å². The van der Waals surface area contributed by atoms with Gasteiger partial charge in [0.25, 0.3) is 0 Å². The molecule has 0 heterocycles. The maximum atomic E-state index is 13.1. The molecule has 0 atom stereocenters. The Morgan fingerprint density at radius 2 is 1.70 bits per heavy atom. The lowest BCUT2D eigenvalue weighted by Gasteiger charge is -2.19. The summed E-state index contributed by atoms with van der Waals surface area (Å²) in [5.41, 5.74) is 4.83. The Morgan fingerprint density at radius 3 is 2.27 bits per heavy atom. The van der Waals surface area contributed by atoms with E-state index < -0.39 is 11.7 Å². The van der Waals surface area contributed by atoms with Gasteiger partial charge in [0.15, 0.2) is 0 Å². The van der Waals surface area contributed by atoms with Crippen LogP contribution in [0.5, 0.6) is 0 Å². The van der Waals surface area contributed by atoms with E-state index in [0.717, 1.165) is 46.8 Å². The summed E-state index contributed by atoms with van der Waals surface area (Å²) in [4.78, 5) is 0. The van der Waals surface area contributed by atoms with Gasteiger partial charge in [-0.15, -0.1) is 0 Å². The van der Waals surface area contributed by atoms with Crippen LogP contribution in [0, 0.1) is 6.92 Å². The topological polar surface area (TPSA) is 24.1 Å². The van der Waals surface area contributed by atoms with E-state index in [4.69, 9.17) is 0 Å². The molecule has 2 aromatic carbocycles. The van der Waals surface area contributed by atoms with E-state index in [1.807, 2.05) is 57.2 Å². The van der Waals surface area contributed by atoms with Gasteiger partial charge in [-0.2, -0.15) is 13.2 Å². The summed E-state index contributed by atoms with van der Waals surface area (Å²) in [5, 5.41) is 6.16. The van der Waals surface area contributed by atoms with Crippen LogP contribution in [0.25, 0.3) is 5.57 Å². The first-order valence-electron chi connectivity index (χ1n) is 9.66. The monoisotopic (exact) mass is 412 g/mol. The number of nitrogens with one attached hydrogen (secondary N) is 2. The Balaban J connectivity index is 2.54.